The summed E-state index contributed by atoms with van der Waals surface area (Å²) in [6.45, 7) is 2.98. The van der Waals surface area contributed by atoms with E-state index >= 15 is 0 Å². The van der Waals surface area contributed by atoms with Crippen LogP contribution in [-0.4, -0.2) is 37.2 Å². The van der Waals surface area contributed by atoms with Crippen LogP contribution in [0.3, 0.4) is 0 Å². The first-order valence-electron chi connectivity index (χ1n) is 7.16. The summed E-state index contributed by atoms with van der Waals surface area (Å²) in [5.41, 5.74) is 1.59. The number of carbonyl (C=O) groups is 1. The monoisotopic (exact) mass is 299 g/mol. The first-order chi connectivity index (χ1) is 10.8. The number of unbranched alkanes of at least 4 members (excludes halogenated alkanes) is 1. The summed E-state index contributed by atoms with van der Waals surface area (Å²) in [4.78, 5) is 16.5. The van der Waals surface area contributed by atoms with E-state index in [0.29, 0.717) is 17.0 Å². The minimum Gasteiger partial charge on any atom is -0.369 e. The van der Waals surface area contributed by atoms with Gasteiger partial charge in [0.1, 0.15) is 5.82 Å². The number of imidazole rings is 1. The molecule has 0 saturated heterocycles. The van der Waals surface area contributed by atoms with Crippen molar-refractivity contribution < 1.29 is 4.79 Å². The van der Waals surface area contributed by atoms with Gasteiger partial charge < -0.3 is 10.6 Å². The van der Waals surface area contributed by atoms with Crippen LogP contribution < -0.4 is 10.6 Å². The molecule has 3 heterocycles. The van der Waals surface area contributed by atoms with Gasteiger partial charge >= 0.3 is 0 Å². The highest BCUT2D eigenvalue weighted by atomic mass is 16.2. The van der Waals surface area contributed by atoms with Gasteiger partial charge in [-0.25, -0.2) is 9.50 Å². The van der Waals surface area contributed by atoms with E-state index < -0.39 is 0 Å². The molecule has 8 heteroatoms. The summed E-state index contributed by atoms with van der Waals surface area (Å²) >= 11 is 0. The van der Waals surface area contributed by atoms with Gasteiger partial charge in [-0.1, -0.05) is 13.3 Å². The Morgan fingerprint density at radius 3 is 3.05 bits per heavy atom. The van der Waals surface area contributed by atoms with Crippen molar-refractivity contribution in [2.24, 2.45) is 0 Å². The summed E-state index contributed by atoms with van der Waals surface area (Å²) in [5, 5.41) is 16.8. The standard InChI is InChI=1S/C14H17N7O/c1-2-3-6-15-12-4-5-13-16-9-11(21(13)20-12)14(22)19-10-7-17-18-8-10/h4-5,7-9H,2-3,6H2,1H3,(H,15,20)(H,17,18)(H,19,22). The molecule has 0 radical (unpaired) electrons. The number of hydrogen-bond donors (Lipinski definition) is 3. The van der Waals surface area contributed by atoms with Crippen LogP contribution in [0.1, 0.15) is 30.3 Å². The highest BCUT2D eigenvalue weighted by Gasteiger charge is 2.14. The number of amides is 1. The van der Waals surface area contributed by atoms with E-state index in [9.17, 15) is 4.79 Å². The normalized spacial score (nSPS) is 10.8. The van der Waals surface area contributed by atoms with Gasteiger partial charge in [-0.15, -0.1) is 5.10 Å². The summed E-state index contributed by atoms with van der Waals surface area (Å²) in [5.74, 6) is 0.434. The molecule has 0 bridgehead atoms. The molecule has 0 aliphatic carbocycles. The Hall–Kier alpha value is -2.90. The van der Waals surface area contributed by atoms with Crippen LogP contribution in [0.25, 0.3) is 5.65 Å². The van der Waals surface area contributed by atoms with Crippen LogP contribution >= 0.6 is 0 Å². The highest BCUT2D eigenvalue weighted by Crippen LogP contribution is 2.11. The third kappa shape index (κ3) is 2.90. The van der Waals surface area contributed by atoms with E-state index in [1.165, 1.54) is 16.9 Å². The SMILES string of the molecule is CCCCNc1ccc2ncc(C(=O)Nc3cn[nH]c3)n2n1. The number of aromatic nitrogens is 5. The lowest BCUT2D eigenvalue weighted by molar-refractivity contribution is 0.102. The van der Waals surface area contributed by atoms with Gasteiger partial charge in [0.25, 0.3) is 5.91 Å². The van der Waals surface area contributed by atoms with Crippen molar-refractivity contribution in [3.63, 3.8) is 0 Å². The summed E-state index contributed by atoms with van der Waals surface area (Å²) < 4.78 is 1.53. The van der Waals surface area contributed by atoms with Crippen molar-refractivity contribution in [1.82, 2.24) is 24.8 Å². The second-order valence-corrected chi connectivity index (χ2v) is 4.85. The van der Waals surface area contributed by atoms with Crippen LogP contribution in [0.2, 0.25) is 0 Å². The fraction of sp³-hybridized carbons (Fsp3) is 0.286. The van der Waals surface area contributed by atoms with E-state index in [0.717, 1.165) is 25.2 Å². The number of nitrogens with one attached hydrogen (secondary N) is 3. The number of fused-ring (bicyclic) bond motifs is 1. The molecule has 0 aliphatic heterocycles. The highest BCUT2D eigenvalue weighted by molar-refractivity contribution is 6.03. The number of carbonyl (C=O) groups excluding carboxylic acids is 1. The van der Waals surface area contributed by atoms with Crippen LogP contribution in [0.15, 0.2) is 30.7 Å². The van der Waals surface area contributed by atoms with E-state index in [1.807, 2.05) is 12.1 Å². The molecule has 22 heavy (non-hydrogen) atoms. The first kappa shape index (κ1) is 14.1. The minimum atomic E-state index is -0.285. The van der Waals surface area contributed by atoms with Gasteiger partial charge in [0.2, 0.25) is 0 Å². The molecular weight excluding hydrogens is 282 g/mol. The molecule has 3 aromatic heterocycles. The Bertz CT molecular complexity index is 763. The van der Waals surface area contributed by atoms with E-state index in [4.69, 9.17) is 0 Å². The van der Waals surface area contributed by atoms with Crippen LogP contribution in [0.4, 0.5) is 11.5 Å². The van der Waals surface area contributed by atoms with Crippen molar-refractivity contribution >= 4 is 23.1 Å². The third-order valence-corrected chi connectivity index (χ3v) is 3.19. The Balaban J connectivity index is 1.82. The predicted octanol–water partition coefficient (Wildman–Crippen LogP) is 1.92. The maximum absolute atomic E-state index is 12.3. The van der Waals surface area contributed by atoms with Gasteiger partial charge in [0, 0.05) is 12.7 Å². The van der Waals surface area contributed by atoms with Gasteiger partial charge in [-0.05, 0) is 18.6 Å². The van der Waals surface area contributed by atoms with E-state index in [2.05, 4.69) is 37.8 Å². The largest absolute Gasteiger partial charge is 0.369 e. The average Bonchev–Trinajstić information content (AvgIpc) is 3.16. The number of hydrogen-bond acceptors (Lipinski definition) is 5. The smallest absolute Gasteiger partial charge is 0.276 e. The molecule has 3 rings (SSSR count). The van der Waals surface area contributed by atoms with Crippen molar-refractivity contribution in [3.05, 3.63) is 36.4 Å². The van der Waals surface area contributed by atoms with Crippen molar-refractivity contribution in [3.8, 4) is 0 Å². The lowest BCUT2D eigenvalue weighted by Gasteiger charge is -2.06. The number of aromatic amines is 1. The van der Waals surface area contributed by atoms with Crippen molar-refractivity contribution in [2.45, 2.75) is 19.8 Å². The molecular formula is C14H17N7O. The molecule has 0 aromatic carbocycles. The Kier molecular flexibility index (Phi) is 3.99. The number of nitrogens with zero attached hydrogens (tertiary/aromatic N) is 4. The number of anilines is 2. The minimum absolute atomic E-state index is 0.285. The van der Waals surface area contributed by atoms with Gasteiger partial charge in [0.05, 0.1) is 18.1 Å². The fourth-order valence-electron chi connectivity index (χ4n) is 2.03. The molecule has 8 nitrogen and oxygen atoms in total. The Labute approximate surface area is 126 Å². The summed E-state index contributed by atoms with van der Waals surface area (Å²) in [6.07, 6.45) is 6.82. The number of H-pyrrole nitrogens is 1. The van der Waals surface area contributed by atoms with E-state index in [-0.39, 0.29) is 5.91 Å². The van der Waals surface area contributed by atoms with Crippen LogP contribution in [0.5, 0.6) is 0 Å². The molecule has 1 amide bonds. The maximum Gasteiger partial charge on any atom is 0.276 e. The lowest BCUT2D eigenvalue weighted by Crippen LogP contribution is -2.15. The van der Waals surface area contributed by atoms with Gasteiger partial charge in [0.15, 0.2) is 11.3 Å². The zero-order valence-electron chi connectivity index (χ0n) is 12.2. The van der Waals surface area contributed by atoms with Crippen molar-refractivity contribution in [1.29, 1.82) is 0 Å². The second-order valence-electron chi connectivity index (χ2n) is 4.85. The van der Waals surface area contributed by atoms with Crippen LogP contribution in [-0.2, 0) is 0 Å². The summed E-state index contributed by atoms with van der Waals surface area (Å²) in [6, 6.07) is 3.69. The molecule has 0 fully saturated rings. The van der Waals surface area contributed by atoms with Crippen molar-refractivity contribution in [2.75, 3.05) is 17.2 Å². The Morgan fingerprint density at radius 2 is 2.27 bits per heavy atom. The Morgan fingerprint density at radius 1 is 1.36 bits per heavy atom. The zero-order chi connectivity index (χ0) is 15.4. The third-order valence-electron chi connectivity index (χ3n) is 3.19. The quantitative estimate of drug-likeness (QED) is 0.604. The van der Waals surface area contributed by atoms with Gasteiger partial charge in [-0.3, -0.25) is 9.89 Å². The van der Waals surface area contributed by atoms with E-state index in [1.54, 1.807) is 6.20 Å². The molecule has 0 aliphatic rings. The molecule has 114 valence electrons. The first-order valence-corrected chi connectivity index (χ1v) is 7.16. The summed E-state index contributed by atoms with van der Waals surface area (Å²) in [7, 11) is 0. The molecule has 0 saturated carbocycles. The second kappa shape index (κ2) is 6.25. The molecule has 3 aromatic rings. The van der Waals surface area contributed by atoms with Crippen LogP contribution in [0, 0.1) is 0 Å². The lowest BCUT2D eigenvalue weighted by atomic mass is 10.3. The molecule has 0 spiro atoms. The molecule has 0 atom stereocenters. The van der Waals surface area contributed by atoms with Gasteiger partial charge in [-0.2, -0.15) is 5.10 Å². The average molecular weight is 299 g/mol. The molecule has 3 N–H and O–H groups in total. The predicted molar refractivity (Wildman–Crippen MR) is 82.9 cm³/mol. The number of rotatable bonds is 6. The fourth-order valence-corrected chi connectivity index (χ4v) is 2.03. The topological polar surface area (TPSA) is 100 Å². The zero-order valence-corrected chi connectivity index (χ0v) is 12.2. The maximum atomic E-state index is 12.3. The molecule has 0 unspecified atom stereocenters.